The Balaban J connectivity index is 2.64. The standard InChI is InChI=1S/C11H16NO/c1-11(2,3)13-10(12)9-7-5-4-6-8-9/h4-5,7-8,10H,12H2,1-3H3. The normalized spacial score (nSPS) is 14.2. The quantitative estimate of drug-likeness (QED) is 0.705. The molecule has 71 valence electrons. The Labute approximate surface area is 79.7 Å². The Morgan fingerprint density at radius 2 is 2.15 bits per heavy atom. The molecule has 0 saturated heterocycles. The smallest absolute Gasteiger partial charge is 0.132 e. The van der Waals surface area contributed by atoms with E-state index in [9.17, 15) is 0 Å². The van der Waals surface area contributed by atoms with Gasteiger partial charge >= 0.3 is 0 Å². The van der Waals surface area contributed by atoms with Crippen LogP contribution in [-0.2, 0) is 4.74 Å². The lowest BCUT2D eigenvalue weighted by atomic mass is 10.1. The third-order valence-electron chi connectivity index (χ3n) is 1.54. The maximum atomic E-state index is 5.84. The van der Waals surface area contributed by atoms with E-state index in [1.54, 1.807) is 0 Å². The zero-order valence-electron chi connectivity index (χ0n) is 8.37. The molecule has 0 aliphatic rings. The molecule has 0 heterocycles. The summed E-state index contributed by atoms with van der Waals surface area (Å²) in [6.07, 6.45) is -0.363. The van der Waals surface area contributed by atoms with Gasteiger partial charge in [0.1, 0.15) is 6.23 Å². The summed E-state index contributed by atoms with van der Waals surface area (Å²) in [4.78, 5) is 0. The highest BCUT2D eigenvalue weighted by atomic mass is 16.5. The van der Waals surface area contributed by atoms with Crippen molar-refractivity contribution < 1.29 is 4.74 Å². The number of nitrogens with two attached hydrogens (primary N) is 1. The first-order chi connectivity index (χ1) is 5.99. The van der Waals surface area contributed by atoms with Crippen molar-refractivity contribution in [2.24, 2.45) is 5.73 Å². The van der Waals surface area contributed by atoms with Gasteiger partial charge in [0.2, 0.25) is 0 Å². The summed E-state index contributed by atoms with van der Waals surface area (Å²) in [6, 6.07) is 10.5. The molecule has 0 aromatic heterocycles. The zero-order chi connectivity index (χ0) is 9.90. The summed E-state index contributed by atoms with van der Waals surface area (Å²) < 4.78 is 5.58. The van der Waals surface area contributed by atoms with Crippen molar-refractivity contribution in [1.82, 2.24) is 0 Å². The average Bonchev–Trinajstić information content (AvgIpc) is 2.03. The summed E-state index contributed by atoms with van der Waals surface area (Å²) in [5.74, 6) is 0. The molecule has 0 saturated carbocycles. The molecule has 1 radical (unpaired) electrons. The molecule has 1 unspecified atom stereocenters. The first-order valence-electron chi connectivity index (χ1n) is 4.38. The van der Waals surface area contributed by atoms with Gasteiger partial charge in [0.15, 0.2) is 0 Å². The fourth-order valence-electron chi connectivity index (χ4n) is 1.03. The minimum Gasteiger partial charge on any atom is -0.354 e. The molecule has 0 fully saturated rings. The lowest BCUT2D eigenvalue weighted by Crippen LogP contribution is -2.27. The minimum atomic E-state index is -0.363. The third kappa shape index (κ3) is 3.57. The van der Waals surface area contributed by atoms with Crippen LogP contribution in [0.1, 0.15) is 32.6 Å². The molecule has 0 aliphatic heterocycles. The molecule has 1 aromatic rings. The van der Waals surface area contributed by atoms with Crippen molar-refractivity contribution in [2.45, 2.75) is 32.6 Å². The van der Waals surface area contributed by atoms with Crippen LogP contribution in [0.5, 0.6) is 0 Å². The minimum absolute atomic E-state index is 0.213. The second-order valence-electron chi connectivity index (χ2n) is 3.99. The summed E-state index contributed by atoms with van der Waals surface area (Å²) in [5, 5.41) is 0. The Morgan fingerprint density at radius 1 is 1.46 bits per heavy atom. The van der Waals surface area contributed by atoms with Gasteiger partial charge in [-0.2, -0.15) is 0 Å². The van der Waals surface area contributed by atoms with Crippen LogP contribution in [0.4, 0.5) is 0 Å². The van der Waals surface area contributed by atoms with Gasteiger partial charge in [-0.25, -0.2) is 0 Å². The molecule has 2 heteroatoms. The van der Waals surface area contributed by atoms with E-state index in [2.05, 4.69) is 6.07 Å². The monoisotopic (exact) mass is 178 g/mol. The van der Waals surface area contributed by atoms with Crippen LogP contribution >= 0.6 is 0 Å². The van der Waals surface area contributed by atoms with E-state index >= 15 is 0 Å². The molecule has 2 N–H and O–H groups in total. The Kier molecular flexibility index (Phi) is 3.07. The van der Waals surface area contributed by atoms with E-state index in [1.165, 1.54) is 0 Å². The van der Waals surface area contributed by atoms with Gasteiger partial charge in [0, 0.05) is 0 Å². The van der Waals surface area contributed by atoms with Crippen LogP contribution in [0.2, 0.25) is 0 Å². The Hall–Kier alpha value is -0.860. The van der Waals surface area contributed by atoms with Crippen molar-refractivity contribution >= 4 is 0 Å². The Morgan fingerprint density at radius 3 is 2.62 bits per heavy atom. The van der Waals surface area contributed by atoms with Crippen LogP contribution in [0, 0.1) is 6.07 Å². The van der Waals surface area contributed by atoms with Crippen molar-refractivity contribution in [3.8, 4) is 0 Å². The highest BCUT2D eigenvalue weighted by molar-refractivity contribution is 5.15. The predicted molar refractivity (Wildman–Crippen MR) is 53.0 cm³/mol. The summed E-state index contributed by atoms with van der Waals surface area (Å²) >= 11 is 0. The van der Waals surface area contributed by atoms with Gasteiger partial charge in [-0.3, -0.25) is 0 Å². The van der Waals surface area contributed by atoms with E-state index in [-0.39, 0.29) is 11.8 Å². The van der Waals surface area contributed by atoms with Crippen LogP contribution in [-0.4, -0.2) is 5.60 Å². The van der Waals surface area contributed by atoms with E-state index in [1.807, 2.05) is 45.0 Å². The SMILES string of the molecule is CC(C)(C)OC(N)c1c[c]ccc1. The lowest BCUT2D eigenvalue weighted by molar-refractivity contribution is -0.0587. The van der Waals surface area contributed by atoms with Gasteiger partial charge < -0.3 is 10.5 Å². The first-order valence-corrected chi connectivity index (χ1v) is 4.38. The number of hydrogen-bond donors (Lipinski definition) is 1. The molecule has 0 spiro atoms. The fraction of sp³-hybridized carbons (Fsp3) is 0.455. The van der Waals surface area contributed by atoms with E-state index < -0.39 is 0 Å². The van der Waals surface area contributed by atoms with Crippen molar-refractivity contribution in [3.05, 3.63) is 35.9 Å². The van der Waals surface area contributed by atoms with Gasteiger partial charge in [0.05, 0.1) is 5.60 Å². The highest BCUT2D eigenvalue weighted by Gasteiger charge is 2.16. The molecule has 1 atom stereocenters. The first kappa shape index (κ1) is 10.2. The third-order valence-corrected chi connectivity index (χ3v) is 1.54. The van der Waals surface area contributed by atoms with Crippen molar-refractivity contribution in [3.63, 3.8) is 0 Å². The van der Waals surface area contributed by atoms with Crippen molar-refractivity contribution in [1.29, 1.82) is 0 Å². The molecule has 13 heavy (non-hydrogen) atoms. The molecule has 0 amide bonds. The second-order valence-corrected chi connectivity index (χ2v) is 3.99. The lowest BCUT2D eigenvalue weighted by Gasteiger charge is -2.24. The van der Waals surface area contributed by atoms with Crippen LogP contribution in [0.15, 0.2) is 24.3 Å². The zero-order valence-corrected chi connectivity index (χ0v) is 8.37. The molecule has 0 bridgehead atoms. The number of ether oxygens (including phenoxy) is 1. The summed E-state index contributed by atoms with van der Waals surface area (Å²) in [7, 11) is 0. The van der Waals surface area contributed by atoms with Gasteiger partial charge in [0.25, 0.3) is 0 Å². The topological polar surface area (TPSA) is 35.2 Å². The van der Waals surface area contributed by atoms with E-state index in [0.717, 1.165) is 5.56 Å². The molecular formula is C11H16NO. The number of hydrogen-bond acceptors (Lipinski definition) is 2. The number of benzene rings is 1. The van der Waals surface area contributed by atoms with E-state index in [0.29, 0.717) is 0 Å². The van der Waals surface area contributed by atoms with Crippen molar-refractivity contribution in [2.75, 3.05) is 0 Å². The second kappa shape index (κ2) is 3.90. The number of rotatable bonds is 2. The molecule has 0 aliphatic carbocycles. The van der Waals surface area contributed by atoms with E-state index in [4.69, 9.17) is 10.5 Å². The maximum absolute atomic E-state index is 5.84. The average molecular weight is 178 g/mol. The largest absolute Gasteiger partial charge is 0.354 e. The molecule has 1 rings (SSSR count). The Bertz CT molecular complexity index is 251. The molecule has 1 aromatic carbocycles. The van der Waals surface area contributed by atoms with Gasteiger partial charge in [-0.05, 0) is 38.5 Å². The van der Waals surface area contributed by atoms with Crippen LogP contribution in [0.25, 0.3) is 0 Å². The van der Waals surface area contributed by atoms with Crippen LogP contribution in [0.3, 0.4) is 0 Å². The highest BCUT2D eigenvalue weighted by Crippen LogP contribution is 2.18. The molecule has 2 nitrogen and oxygen atoms in total. The summed E-state index contributed by atoms with van der Waals surface area (Å²) in [6.45, 7) is 5.96. The van der Waals surface area contributed by atoms with Gasteiger partial charge in [-0.1, -0.05) is 18.2 Å². The molecular weight excluding hydrogens is 162 g/mol. The van der Waals surface area contributed by atoms with Crippen LogP contribution < -0.4 is 5.73 Å². The predicted octanol–water partition coefficient (Wildman–Crippen LogP) is 2.26. The van der Waals surface area contributed by atoms with Gasteiger partial charge in [-0.15, -0.1) is 0 Å². The maximum Gasteiger partial charge on any atom is 0.132 e. The summed E-state index contributed by atoms with van der Waals surface area (Å²) in [5.41, 5.74) is 6.58. The fourth-order valence-corrected chi connectivity index (χ4v) is 1.03.